The summed E-state index contributed by atoms with van der Waals surface area (Å²) in [5.74, 6) is 1.18. The number of carbonyl (C=O) groups excluding carboxylic acids is 1. The van der Waals surface area contributed by atoms with Crippen LogP contribution in [0.3, 0.4) is 0 Å². The summed E-state index contributed by atoms with van der Waals surface area (Å²) in [5, 5.41) is 6.77. The second-order valence-electron chi connectivity index (χ2n) is 7.94. The Morgan fingerprint density at radius 1 is 1.24 bits per heavy atom. The number of amidine groups is 1. The molecule has 7 heteroatoms. The molecule has 3 atom stereocenters. The minimum Gasteiger partial charge on any atom is -0.343 e. The van der Waals surface area contributed by atoms with Gasteiger partial charge < -0.3 is 14.8 Å². The van der Waals surface area contributed by atoms with Crippen LogP contribution in [0.2, 0.25) is 0 Å². The van der Waals surface area contributed by atoms with Crippen molar-refractivity contribution >= 4 is 11.7 Å². The zero-order valence-electron chi connectivity index (χ0n) is 17.4. The molecule has 0 spiro atoms. The van der Waals surface area contributed by atoms with Gasteiger partial charge in [0.05, 0.1) is 12.1 Å². The number of nitrogens with one attached hydrogen (secondary N) is 2. The van der Waals surface area contributed by atoms with Crippen LogP contribution in [0.15, 0.2) is 47.8 Å². The lowest BCUT2D eigenvalue weighted by Gasteiger charge is -2.37. The average molecular weight is 397 g/mol. The molecule has 3 aliphatic rings. The molecule has 1 fully saturated rings. The second kappa shape index (κ2) is 8.86. The van der Waals surface area contributed by atoms with Crippen molar-refractivity contribution in [3.05, 3.63) is 48.3 Å². The van der Waals surface area contributed by atoms with Crippen LogP contribution in [0.1, 0.15) is 57.6 Å². The summed E-state index contributed by atoms with van der Waals surface area (Å²) in [6.45, 7) is 5.84. The molecule has 3 aliphatic heterocycles. The number of hydrazine groups is 1. The molecule has 3 unspecified atom stereocenters. The fourth-order valence-electron chi connectivity index (χ4n) is 4.40. The zero-order valence-corrected chi connectivity index (χ0v) is 17.4. The third-order valence-corrected chi connectivity index (χ3v) is 6.10. The van der Waals surface area contributed by atoms with Crippen molar-refractivity contribution < 1.29 is 4.79 Å². The highest BCUT2D eigenvalue weighted by Crippen LogP contribution is 2.34. The molecule has 156 valence electrons. The van der Waals surface area contributed by atoms with E-state index in [1.807, 2.05) is 4.90 Å². The first-order chi connectivity index (χ1) is 14.2. The maximum absolute atomic E-state index is 12.6. The van der Waals surface area contributed by atoms with Crippen molar-refractivity contribution in [3.8, 4) is 0 Å². The van der Waals surface area contributed by atoms with Gasteiger partial charge in [-0.05, 0) is 25.3 Å². The van der Waals surface area contributed by atoms with Crippen LogP contribution in [0.5, 0.6) is 0 Å². The summed E-state index contributed by atoms with van der Waals surface area (Å²) >= 11 is 0. The topological polar surface area (TPSA) is 63.2 Å². The monoisotopic (exact) mass is 396 g/mol. The van der Waals surface area contributed by atoms with Gasteiger partial charge in [-0.25, -0.2) is 5.43 Å². The number of hydrazone groups is 1. The predicted molar refractivity (Wildman–Crippen MR) is 114 cm³/mol. The first-order valence-electron chi connectivity index (χ1n) is 10.9. The van der Waals surface area contributed by atoms with Gasteiger partial charge in [-0.15, -0.1) is 0 Å². The third-order valence-electron chi connectivity index (χ3n) is 6.10. The van der Waals surface area contributed by atoms with E-state index < -0.39 is 0 Å². The van der Waals surface area contributed by atoms with Crippen molar-refractivity contribution in [1.82, 2.24) is 25.7 Å². The van der Waals surface area contributed by atoms with Gasteiger partial charge in [0.25, 0.3) is 0 Å². The number of fused-ring (bicyclic) bond motifs is 3. The van der Waals surface area contributed by atoms with Gasteiger partial charge in [0, 0.05) is 38.3 Å². The Kier molecular flexibility index (Phi) is 6.04. The van der Waals surface area contributed by atoms with E-state index in [1.54, 1.807) is 0 Å². The van der Waals surface area contributed by atoms with E-state index in [0.29, 0.717) is 24.9 Å². The first kappa shape index (κ1) is 19.8. The minimum atomic E-state index is 0.105. The molecule has 1 saturated heterocycles. The number of carbonyl (C=O) groups is 1. The van der Waals surface area contributed by atoms with Crippen LogP contribution in [0.25, 0.3) is 0 Å². The third kappa shape index (κ3) is 4.10. The van der Waals surface area contributed by atoms with E-state index in [2.05, 4.69) is 82.4 Å². The van der Waals surface area contributed by atoms with Gasteiger partial charge in [-0.2, -0.15) is 5.10 Å². The number of hydrogen-bond donors (Lipinski definition) is 2. The summed E-state index contributed by atoms with van der Waals surface area (Å²) in [5.41, 5.74) is 8.21. The standard InChI is InChI=1S/C22H32N6O/c1-3-5-13-26(4-2)21(29)12-11-20-23-24-22-19-16-18(17-9-7-6-8-10-17)25-28(19)15-14-27(20)22/h6-10,14-15,18-19,22,24-25H,3-5,11-13,16H2,1-2H3. The molecule has 29 heavy (non-hydrogen) atoms. The van der Waals surface area contributed by atoms with Gasteiger partial charge >= 0.3 is 0 Å². The Labute approximate surface area is 173 Å². The highest BCUT2D eigenvalue weighted by Gasteiger charge is 2.44. The van der Waals surface area contributed by atoms with E-state index in [9.17, 15) is 4.79 Å². The number of nitrogens with zero attached hydrogens (tertiary/aromatic N) is 4. The molecular formula is C22H32N6O. The van der Waals surface area contributed by atoms with Crippen LogP contribution in [0, 0.1) is 0 Å². The van der Waals surface area contributed by atoms with Gasteiger partial charge in [0.2, 0.25) is 5.91 Å². The molecule has 3 heterocycles. The zero-order chi connectivity index (χ0) is 20.2. The lowest BCUT2D eigenvalue weighted by Crippen LogP contribution is -2.54. The van der Waals surface area contributed by atoms with Crippen LogP contribution in [-0.4, -0.2) is 51.8 Å². The maximum atomic E-state index is 12.6. The fourth-order valence-corrected chi connectivity index (χ4v) is 4.40. The Balaban J connectivity index is 1.34. The Morgan fingerprint density at radius 2 is 2.07 bits per heavy atom. The minimum absolute atomic E-state index is 0.105. The highest BCUT2D eigenvalue weighted by molar-refractivity contribution is 5.89. The number of benzene rings is 1. The van der Waals surface area contributed by atoms with Gasteiger partial charge in [-0.1, -0.05) is 43.7 Å². The van der Waals surface area contributed by atoms with Gasteiger partial charge in [0.15, 0.2) is 0 Å². The predicted octanol–water partition coefficient (Wildman–Crippen LogP) is 2.77. The number of unbranched alkanes of at least 4 members (excludes halogenated alkanes) is 1. The summed E-state index contributed by atoms with van der Waals surface area (Å²) in [6, 6.07) is 11.2. The molecular weight excluding hydrogens is 364 g/mol. The van der Waals surface area contributed by atoms with Gasteiger partial charge in [0.1, 0.15) is 12.0 Å². The molecule has 0 saturated carbocycles. The Hall–Kier alpha value is -2.54. The van der Waals surface area contributed by atoms with E-state index in [-0.39, 0.29) is 12.1 Å². The molecule has 0 aromatic heterocycles. The van der Waals surface area contributed by atoms with Gasteiger partial charge in [-0.3, -0.25) is 10.2 Å². The van der Waals surface area contributed by atoms with Crippen LogP contribution >= 0.6 is 0 Å². The van der Waals surface area contributed by atoms with E-state index in [0.717, 1.165) is 38.2 Å². The lowest BCUT2D eigenvalue weighted by molar-refractivity contribution is -0.130. The number of rotatable bonds is 8. The summed E-state index contributed by atoms with van der Waals surface area (Å²) < 4.78 is 0. The van der Waals surface area contributed by atoms with Crippen molar-refractivity contribution in [2.45, 2.75) is 64.2 Å². The first-order valence-corrected chi connectivity index (χ1v) is 10.9. The van der Waals surface area contributed by atoms with Crippen LogP contribution in [-0.2, 0) is 4.79 Å². The molecule has 1 amide bonds. The maximum Gasteiger partial charge on any atom is 0.223 e. The molecule has 0 bridgehead atoms. The summed E-state index contributed by atoms with van der Waals surface area (Å²) in [4.78, 5) is 16.7. The molecule has 7 nitrogen and oxygen atoms in total. The van der Waals surface area contributed by atoms with Crippen molar-refractivity contribution in [2.75, 3.05) is 13.1 Å². The van der Waals surface area contributed by atoms with E-state index in [1.165, 1.54) is 5.56 Å². The van der Waals surface area contributed by atoms with Crippen molar-refractivity contribution in [3.63, 3.8) is 0 Å². The molecule has 1 aromatic rings. The molecule has 0 aliphatic carbocycles. The largest absolute Gasteiger partial charge is 0.343 e. The average Bonchev–Trinajstić information content (AvgIpc) is 3.37. The number of hydrogen-bond acceptors (Lipinski definition) is 6. The van der Waals surface area contributed by atoms with E-state index in [4.69, 9.17) is 0 Å². The molecule has 4 rings (SSSR count). The normalized spacial score (nSPS) is 24.8. The fraction of sp³-hybridized carbons (Fsp3) is 0.545. The number of amides is 1. The smallest absolute Gasteiger partial charge is 0.223 e. The van der Waals surface area contributed by atoms with Crippen LogP contribution in [0.4, 0.5) is 0 Å². The van der Waals surface area contributed by atoms with E-state index >= 15 is 0 Å². The second-order valence-corrected chi connectivity index (χ2v) is 7.94. The SMILES string of the molecule is CCCCN(CC)C(=O)CCC1=NNC2C3CC(c4ccccc4)NN3C=CN12. The molecule has 2 N–H and O–H groups in total. The summed E-state index contributed by atoms with van der Waals surface area (Å²) in [7, 11) is 0. The van der Waals surface area contributed by atoms with Crippen molar-refractivity contribution in [2.24, 2.45) is 5.10 Å². The van der Waals surface area contributed by atoms with Crippen molar-refractivity contribution in [1.29, 1.82) is 0 Å². The Bertz CT molecular complexity index is 764. The molecule has 0 radical (unpaired) electrons. The Morgan fingerprint density at radius 3 is 2.83 bits per heavy atom. The molecule has 1 aromatic carbocycles. The highest BCUT2D eigenvalue weighted by atomic mass is 16.2. The van der Waals surface area contributed by atoms with Crippen LogP contribution < -0.4 is 10.9 Å². The summed E-state index contributed by atoms with van der Waals surface area (Å²) in [6.07, 6.45) is 8.61. The quantitative estimate of drug-likeness (QED) is 0.708. The lowest BCUT2D eigenvalue weighted by atomic mass is 10.00.